The predicted octanol–water partition coefficient (Wildman–Crippen LogP) is 4.38. The molecule has 0 saturated carbocycles. The predicted molar refractivity (Wildman–Crippen MR) is 91.0 cm³/mol. The molecule has 1 atom stereocenters. The summed E-state index contributed by atoms with van der Waals surface area (Å²) in [4.78, 5) is 23.8. The molecular weight excluding hydrogens is 336 g/mol. The van der Waals surface area contributed by atoms with Gasteiger partial charge >= 0.3 is 5.97 Å². The molecule has 7 heteroatoms. The van der Waals surface area contributed by atoms with Crippen molar-refractivity contribution in [3.8, 4) is 0 Å². The van der Waals surface area contributed by atoms with E-state index in [0.717, 1.165) is 11.8 Å². The number of amides is 1. The van der Waals surface area contributed by atoms with E-state index in [4.69, 9.17) is 4.74 Å². The molecule has 0 fully saturated rings. The number of benzene rings is 1. The minimum absolute atomic E-state index is 0.0933. The molecule has 1 rings (SSSR count). The van der Waals surface area contributed by atoms with Crippen molar-refractivity contribution < 1.29 is 23.1 Å². The third kappa shape index (κ3) is 5.78. The van der Waals surface area contributed by atoms with Crippen LogP contribution in [0, 0.1) is 17.6 Å². The van der Waals surface area contributed by atoms with Crippen LogP contribution in [-0.2, 0) is 14.3 Å². The van der Waals surface area contributed by atoms with E-state index in [0.29, 0.717) is 25.5 Å². The Morgan fingerprint density at radius 3 is 2.42 bits per heavy atom. The van der Waals surface area contributed by atoms with Gasteiger partial charge in [-0.1, -0.05) is 27.7 Å². The number of esters is 1. The normalized spacial score (nSPS) is 12.1. The van der Waals surface area contributed by atoms with Crippen molar-refractivity contribution in [1.82, 2.24) is 0 Å². The van der Waals surface area contributed by atoms with E-state index in [1.54, 1.807) is 20.8 Å². The van der Waals surface area contributed by atoms with Crippen LogP contribution in [0.2, 0.25) is 0 Å². The van der Waals surface area contributed by atoms with Crippen molar-refractivity contribution in [2.45, 2.75) is 50.7 Å². The Hall–Kier alpha value is -1.63. The van der Waals surface area contributed by atoms with Gasteiger partial charge in [-0.15, -0.1) is 11.8 Å². The molecule has 1 aromatic rings. The first-order valence-corrected chi connectivity index (χ1v) is 8.81. The highest BCUT2D eigenvalue weighted by Crippen LogP contribution is 2.32. The molecule has 1 unspecified atom stereocenters. The van der Waals surface area contributed by atoms with Crippen molar-refractivity contribution in [2.24, 2.45) is 5.92 Å². The molecule has 0 aromatic heterocycles. The minimum atomic E-state index is -0.854. The Balaban J connectivity index is 2.97. The molecule has 0 aliphatic rings. The van der Waals surface area contributed by atoms with Crippen molar-refractivity contribution in [1.29, 1.82) is 0 Å². The number of carbonyl (C=O) groups excluding carboxylic acids is 2. The minimum Gasteiger partial charge on any atom is -0.465 e. The van der Waals surface area contributed by atoms with E-state index in [1.807, 2.05) is 6.92 Å². The van der Waals surface area contributed by atoms with Crippen LogP contribution < -0.4 is 5.32 Å². The van der Waals surface area contributed by atoms with E-state index < -0.39 is 22.9 Å². The van der Waals surface area contributed by atoms with Gasteiger partial charge in [-0.2, -0.15) is 0 Å². The van der Waals surface area contributed by atoms with Gasteiger partial charge in [0.1, 0.15) is 16.9 Å². The van der Waals surface area contributed by atoms with Crippen LogP contribution in [0.1, 0.15) is 40.5 Å². The average Bonchev–Trinajstić information content (AvgIpc) is 2.53. The summed E-state index contributed by atoms with van der Waals surface area (Å²) >= 11 is 0.965. The first-order valence-electron chi connectivity index (χ1n) is 7.93. The lowest BCUT2D eigenvalue weighted by molar-refractivity contribution is -0.143. The number of hydrogen-bond acceptors (Lipinski definition) is 4. The van der Waals surface area contributed by atoms with Crippen LogP contribution in [0.4, 0.5) is 14.5 Å². The molecule has 0 bridgehead atoms. The number of thioether (sulfide) groups is 1. The summed E-state index contributed by atoms with van der Waals surface area (Å²) in [6.07, 6.45) is 1.14. The molecule has 4 nitrogen and oxygen atoms in total. The summed E-state index contributed by atoms with van der Waals surface area (Å²) in [5, 5.41) is 1.83. The quantitative estimate of drug-likeness (QED) is 0.553. The molecule has 1 aromatic carbocycles. The van der Waals surface area contributed by atoms with Crippen LogP contribution >= 0.6 is 11.8 Å². The lowest BCUT2D eigenvalue weighted by atomic mass is 10.2. The fourth-order valence-corrected chi connectivity index (χ4v) is 2.73. The molecule has 24 heavy (non-hydrogen) atoms. The van der Waals surface area contributed by atoms with Crippen LogP contribution in [0.5, 0.6) is 0 Å². The summed E-state index contributed by atoms with van der Waals surface area (Å²) in [7, 11) is 0. The first kappa shape index (κ1) is 20.4. The maximum Gasteiger partial charge on any atom is 0.319 e. The molecular formula is C17H23F2NO3S. The van der Waals surface area contributed by atoms with Crippen LogP contribution in [0.25, 0.3) is 0 Å². The van der Waals surface area contributed by atoms with Crippen molar-refractivity contribution in [2.75, 3.05) is 11.9 Å². The molecule has 0 radical (unpaired) electrons. The molecule has 0 heterocycles. The van der Waals surface area contributed by atoms with E-state index in [9.17, 15) is 18.4 Å². The summed E-state index contributed by atoms with van der Waals surface area (Å²) < 4.78 is 32.9. The summed E-state index contributed by atoms with van der Waals surface area (Å²) in [5.41, 5.74) is -0.102. The zero-order valence-corrected chi connectivity index (χ0v) is 15.1. The Morgan fingerprint density at radius 2 is 1.88 bits per heavy atom. The van der Waals surface area contributed by atoms with E-state index >= 15 is 0 Å². The third-order valence-corrected chi connectivity index (χ3v) is 4.53. The topological polar surface area (TPSA) is 55.4 Å². The fourth-order valence-electron chi connectivity index (χ4n) is 1.74. The molecule has 1 N–H and O–H groups in total. The highest BCUT2D eigenvalue weighted by Gasteiger charge is 2.22. The SMILES string of the molecule is CCCOC(=O)C(CC)Sc1cc(NC(=O)C(C)C)c(F)cc1F. The van der Waals surface area contributed by atoms with Crippen molar-refractivity contribution in [3.63, 3.8) is 0 Å². The Kier molecular flexibility index (Phi) is 8.18. The van der Waals surface area contributed by atoms with Crippen LogP contribution in [0.3, 0.4) is 0 Å². The van der Waals surface area contributed by atoms with Gasteiger partial charge in [0.2, 0.25) is 5.91 Å². The molecule has 0 saturated heterocycles. The van der Waals surface area contributed by atoms with Crippen LogP contribution in [-0.4, -0.2) is 23.7 Å². The zero-order valence-electron chi connectivity index (χ0n) is 14.3. The van der Waals surface area contributed by atoms with Crippen molar-refractivity contribution >= 4 is 29.3 Å². The summed E-state index contributed by atoms with van der Waals surface area (Å²) in [5.74, 6) is -2.76. The smallest absolute Gasteiger partial charge is 0.319 e. The van der Waals surface area contributed by atoms with E-state index in [2.05, 4.69) is 5.32 Å². The number of anilines is 1. The van der Waals surface area contributed by atoms with Gasteiger partial charge in [-0.3, -0.25) is 9.59 Å². The Labute approximate surface area is 145 Å². The lowest BCUT2D eigenvalue weighted by Crippen LogP contribution is -2.20. The van der Waals surface area contributed by atoms with Gasteiger partial charge in [-0.25, -0.2) is 8.78 Å². The molecule has 0 spiro atoms. The molecule has 0 aliphatic heterocycles. The Bertz CT molecular complexity index is 593. The maximum atomic E-state index is 14.0. The van der Waals surface area contributed by atoms with Gasteiger partial charge < -0.3 is 10.1 Å². The molecule has 0 aliphatic carbocycles. The summed E-state index contributed by atoms with van der Waals surface area (Å²) in [6.45, 7) is 7.31. The average molecular weight is 359 g/mol. The number of rotatable bonds is 8. The van der Waals surface area contributed by atoms with E-state index in [1.165, 1.54) is 6.07 Å². The van der Waals surface area contributed by atoms with Gasteiger partial charge in [0.05, 0.1) is 12.3 Å². The number of hydrogen-bond donors (Lipinski definition) is 1. The van der Waals surface area contributed by atoms with E-state index in [-0.39, 0.29) is 22.4 Å². The molecule has 134 valence electrons. The fraction of sp³-hybridized carbons (Fsp3) is 0.529. The number of nitrogens with one attached hydrogen (secondary N) is 1. The zero-order chi connectivity index (χ0) is 18.3. The second kappa shape index (κ2) is 9.61. The highest BCUT2D eigenvalue weighted by atomic mass is 32.2. The Morgan fingerprint density at radius 1 is 1.21 bits per heavy atom. The standard InChI is InChI=1S/C17H23F2NO3S/c1-5-7-23-17(22)14(6-2)24-15-9-13(11(18)8-12(15)19)20-16(21)10(3)4/h8-10,14H,5-7H2,1-4H3,(H,20,21). The van der Waals surface area contributed by atoms with Gasteiger partial charge in [0, 0.05) is 16.9 Å². The second-order valence-corrected chi connectivity index (χ2v) is 6.83. The second-order valence-electron chi connectivity index (χ2n) is 5.59. The number of carbonyl (C=O) groups is 2. The number of halogens is 2. The lowest BCUT2D eigenvalue weighted by Gasteiger charge is -2.16. The third-order valence-electron chi connectivity index (χ3n) is 3.16. The molecule has 1 amide bonds. The summed E-state index contributed by atoms with van der Waals surface area (Å²) in [6, 6.07) is 1.92. The first-order chi connectivity index (χ1) is 11.3. The maximum absolute atomic E-state index is 14.0. The number of ether oxygens (including phenoxy) is 1. The van der Waals surface area contributed by atoms with Gasteiger partial charge in [0.15, 0.2) is 0 Å². The monoisotopic (exact) mass is 359 g/mol. The highest BCUT2D eigenvalue weighted by molar-refractivity contribution is 8.00. The largest absolute Gasteiger partial charge is 0.465 e. The van der Waals surface area contributed by atoms with Crippen molar-refractivity contribution in [3.05, 3.63) is 23.8 Å². The van der Waals surface area contributed by atoms with Gasteiger partial charge in [-0.05, 0) is 18.9 Å². The van der Waals surface area contributed by atoms with Gasteiger partial charge in [0.25, 0.3) is 0 Å². The van der Waals surface area contributed by atoms with Crippen LogP contribution in [0.15, 0.2) is 17.0 Å².